The molecule has 0 bridgehead atoms. The van der Waals surface area contributed by atoms with E-state index in [1.165, 1.54) is 31.3 Å². The van der Waals surface area contributed by atoms with Crippen LogP contribution in [0, 0.1) is 5.92 Å². The molecule has 0 spiro atoms. The zero-order valence-electron chi connectivity index (χ0n) is 15.3. The van der Waals surface area contributed by atoms with Crippen molar-refractivity contribution >= 4 is 15.9 Å². The van der Waals surface area contributed by atoms with Crippen molar-refractivity contribution in [3.05, 3.63) is 59.7 Å². The van der Waals surface area contributed by atoms with Gasteiger partial charge in [0.1, 0.15) is 5.75 Å². The van der Waals surface area contributed by atoms with Crippen molar-refractivity contribution in [1.29, 1.82) is 0 Å². The topological polar surface area (TPSA) is 84.5 Å². The van der Waals surface area contributed by atoms with E-state index in [0.29, 0.717) is 5.56 Å². The fraction of sp³-hybridized carbons (Fsp3) is 0.316. The fourth-order valence-corrected chi connectivity index (χ4v) is 3.30. The van der Waals surface area contributed by atoms with E-state index in [9.17, 15) is 13.2 Å². The SMILES string of the molecule is CNS(=O)(=O)c1ccc(C(=O)NC(c2ccc(OC)cc2)C(C)C)cc1. The minimum atomic E-state index is -3.52. The molecular formula is C19H24N2O4S. The summed E-state index contributed by atoms with van der Waals surface area (Å²) < 4.78 is 30.9. The van der Waals surface area contributed by atoms with Crippen LogP contribution in [0.1, 0.15) is 35.8 Å². The third-order valence-corrected chi connectivity index (χ3v) is 5.55. The molecule has 0 aliphatic heterocycles. The Morgan fingerprint density at radius 3 is 2.04 bits per heavy atom. The maximum atomic E-state index is 12.6. The lowest BCUT2D eigenvalue weighted by atomic mass is 9.95. The molecule has 26 heavy (non-hydrogen) atoms. The Labute approximate surface area is 154 Å². The van der Waals surface area contributed by atoms with Crippen LogP contribution in [0.25, 0.3) is 0 Å². The summed E-state index contributed by atoms with van der Waals surface area (Å²) >= 11 is 0. The third kappa shape index (κ3) is 4.62. The number of nitrogens with one attached hydrogen (secondary N) is 2. The Hall–Kier alpha value is -2.38. The van der Waals surface area contributed by atoms with Crippen molar-refractivity contribution in [3.8, 4) is 5.75 Å². The van der Waals surface area contributed by atoms with Gasteiger partial charge in [0.25, 0.3) is 5.91 Å². The summed E-state index contributed by atoms with van der Waals surface area (Å²) in [6, 6.07) is 13.2. The molecule has 0 saturated heterocycles. The predicted molar refractivity (Wildman–Crippen MR) is 101 cm³/mol. The highest BCUT2D eigenvalue weighted by Gasteiger charge is 2.20. The van der Waals surface area contributed by atoms with Crippen LogP contribution in [0.15, 0.2) is 53.4 Å². The third-order valence-electron chi connectivity index (χ3n) is 4.12. The maximum absolute atomic E-state index is 12.6. The molecular weight excluding hydrogens is 352 g/mol. The van der Waals surface area contributed by atoms with Gasteiger partial charge in [-0.1, -0.05) is 26.0 Å². The maximum Gasteiger partial charge on any atom is 0.251 e. The number of rotatable bonds is 7. The molecule has 0 radical (unpaired) electrons. The Balaban J connectivity index is 2.19. The average Bonchev–Trinajstić information content (AvgIpc) is 2.66. The van der Waals surface area contributed by atoms with E-state index in [0.717, 1.165) is 11.3 Å². The summed E-state index contributed by atoms with van der Waals surface area (Å²) in [5, 5.41) is 3.01. The van der Waals surface area contributed by atoms with E-state index < -0.39 is 10.0 Å². The van der Waals surface area contributed by atoms with Gasteiger partial charge in [0.2, 0.25) is 10.0 Å². The molecule has 0 aromatic heterocycles. The highest BCUT2D eigenvalue weighted by Crippen LogP contribution is 2.24. The van der Waals surface area contributed by atoms with E-state index >= 15 is 0 Å². The van der Waals surface area contributed by atoms with Crippen LogP contribution in [0.4, 0.5) is 0 Å². The first-order valence-corrected chi connectivity index (χ1v) is 9.75. The van der Waals surface area contributed by atoms with E-state index in [2.05, 4.69) is 10.0 Å². The molecule has 2 aromatic rings. The molecule has 2 rings (SSSR count). The molecule has 2 aromatic carbocycles. The number of carbonyl (C=O) groups excluding carboxylic acids is 1. The number of hydrogen-bond acceptors (Lipinski definition) is 4. The zero-order valence-corrected chi connectivity index (χ0v) is 16.1. The van der Waals surface area contributed by atoms with Gasteiger partial charge >= 0.3 is 0 Å². The standard InChI is InChI=1S/C19H24N2O4S/c1-13(2)18(14-5-9-16(25-4)10-6-14)21-19(22)15-7-11-17(12-8-15)26(23,24)20-3/h5-13,18,20H,1-4H3,(H,21,22). The zero-order chi connectivity index (χ0) is 19.3. The van der Waals surface area contributed by atoms with Crippen LogP contribution in [0.5, 0.6) is 5.75 Å². The largest absolute Gasteiger partial charge is 0.497 e. The van der Waals surface area contributed by atoms with Gasteiger partial charge in [-0.3, -0.25) is 4.79 Å². The van der Waals surface area contributed by atoms with Gasteiger partial charge in [-0.05, 0) is 54.9 Å². The number of carbonyl (C=O) groups is 1. The smallest absolute Gasteiger partial charge is 0.251 e. The van der Waals surface area contributed by atoms with Crippen molar-refractivity contribution in [2.45, 2.75) is 24.8 Å². The molecule has 1 amide bonds. The first kappa shape index (κ1) is 19.9. The van der Waals surface area contributed by atoms with Crippen molar-refractivity contribution in [3.63, 3.8) is 0 Å². The van der Waals surface area contributed by atoms with Crippen molar-refractivity contribution in [2.24, 2.45) is 5.92 Å². The highest BCUT2D eigenvalue weighted by molar-refractivity contribution is 7.89. The minimum Gasteiger partial charge on any atom is -0.497 e. The summed E-state index contributed by atoms with van der Waals surface area (Å²) in [5.74, 6) is 0.674. The van der Waals surface area contributed by atoms with E-state index in [4.69, 9.17) is 4.74 Å². The lowest BCUT2D eigenvalue weighted by Gasteiger charge is -2.23. The monoisotopic (exact) mass is 376 g/mol. The number of ether oxygens (including phenoxy) is 1. The molecule has 1 unspecified atom stereocenters. The summed E-state index contributed by atoms with van der Waals surface area (Å²) in [5.41, 5.74) is 1.38. The molecule has 0 aliphatic carbocycles. The van der Waals surface area contributed by atoms with E-state index in [1.807, 2.05) is 38.1 Å². The molecule has 0 fully saturated rings. The molecule has 0 aliphatic rings. The second-order valence-corrected chi connectivity index (χ2v) is 8.09. The summed E-state index contributed by atoms with van der Waals surface area (Å²) in [6.45, 7) is 4.05. The van der Waals surface area contributed by atoms with Crippen molar-refractivity contribution < 1.29 is 17.9 Å². The number of hydrogen-bond donors (Lipinski definition) is 2. The van der Waals surface area contributed by atoms with Gasteiger partial charge in [0.15, 0.2) is 0 Å². The summed E-state index contributed by atoms with van der Waals surface area (Å²) in [7, 11) is -0.569. The van der Waals surface area contributed by atoms with Gasteiger partial charge in [-0.15, -0.1) is 0 Å². The van der Waals surface area contributed by atoms with Gasteiger partial charge in [-0.2, -0.15) is 0 Å². The molecule has 6 nitrogen and oxygen atoms in total. The Morgan fingerprint density at radius 1 is 1.00 bits per heavy atom. The molecule has 2 N–H and O–H groups in total. The van der Waals surface area contributed by atoms with Gasteiger partial charge < -0.3 is 10.1 Å². The number of methoxy groups -OCH3 is 1. The van der Waals surface area contributed by atoms with Crippen LogP contribution in [-0.4, -0.2) is 28.5 Å². The van der Waals surface area contributed by atoms with Crippen LogP contribution in [-0.2, 0) is 10.0 Å². The Bertz CT molecular complexity index is 844. The fourth-order valence-electron chi connectivity index (χ4n) is 2.57. The average molecular weight is 376 g/mol. The van der Waals surface area contributed by atoms with Crippen LogP contribution < -0.4 is 14.8 Å². The van der Waals surface area contributed by atoms with Crippen LogP contribution >= 0.6 is 0 Å². The van der Waals surface area contributed by atoms with E-state index in [1.54, 1.807) is 7.11 Å². The molecule has 7 heteroatoms. The summed E-state index contributed by atoms with van der Waals surface area (Å²) in [6.07, 6.45) is 0. The first-order valence-electron chi connectivity index (χ1n) is 8.27. The Morgan fingerprint density at radius 2 is 1.58 bits per heavy atom. The van der Waals surface area contributed by atoms with Crippen LogP contribution in [0.3, 0.4) is 0 Å². The minimum absolute atomic E-state index is 0.118. The van der Waals surface area contributed by atoms with E-state index in [-0.39, 0.29) is 22.8 Å². The second-order valence-electron chi connectivity index (χ2n) is 6.20. The molecule has 140 valence electrons. The van der Waals surface area contributed by atoms with Crippen LogP contribution in [0.2, 0.25) is 0 Å². The van der Waals surface area contributed by atoms with Gasteiger partial charge in [-0.25, -0.2) is 13.1 Å². The normalized spacial score (nSPS) is 12.7. The second kappa shape index (κ2) is 8.33. The lowest BCUT2D eigenvalue weighted by Crippen LogP contribution is -2.31. The van der Waals surface area contributed by atoms with Gasteiger partial charge in [0, 0.05) is 5.56 Å². The quantitative estimate of drug-likeness (QED) is 0.778. The summed E-state index contributed by atoms with van der Waals surface area (Å²) in [4.78, 5) is 12.7. The number of benzene rings is 2. The van der Waals surface area contributed by atoms with Crippen molar-refractivity contribution in [2.75, 3.05) is 14.2 Å². The predicted octanol–water partition coefficient (Wildman–Crippen LogP) is 2.73. The molecule has 0 heterocycles. The molecule has 1 atom stereocenters. The number of sulfonamides is 1. The van der Waals surface area contributed by atoms with Gasteiger partial charge in [0.05, 0.1) is 18.0 Å². The lowest BCUT2D eigenvalue weighted by molar-refractivity contribution is 0.0925. The van der Waals surface area contributed by atoms with Crippen molar-refractivity contribution in [1.82, 2.24) is 10.0 Å². The number of amides is 1. The Kier molecular flexibility index (Phi) is 6.39. The first-order chi connectivity index (χ1) is 12.3. The molecule has 0 saturated carbocycles. The highest BCUT2D eigenvalue weighted by atomic mass is 32.2.